The summed E-state index contributed by atoms with van der Waals surface area (Å²) in [6.45, 7) is 22.0. The predicted octanol–water partition coefficient (Wildman–Crippen LogP) is 14.3. The molecular weight excluding hydrogens is 737 g/mol. The molecule has 60 heavy (non-hydrogen) atoms. The van der Waals surface area contributed by atoms with Crippen LogP contribution in [0.5, 0.6) is 0 Å². The van der Waals surface area contributed by atoms with Crippen molar-refractivity contribution >= 4 is 0 Å². The molecule has 0 radical (unpaired) electrons. The van der Waals surface area contributed by atoms with Crippen molar-refractivity contribution in [3.63, 3.8) is 0 Å². The molecule has 4 aliphatic carbocycles. The number of nitrogens with zero attached hydrogens (tertiary/aromatic N) is 1. The first kappa shape index (κ1) is 50.3. The Morgan fingerprint density at radius 3 is 2.20 bits per heavy atom. The van der Waals surface area contributed by atoms with E-state index in [2.05, 4.69) is 64.7 Å². The number of nitrogens with two attached hydrogens (primary N) is 1. The molecule has 5 nitrogen and oxygen atoms in total. The van der Waals surface area contributed by atoms with Crippen LogP contribution in [-0.4, -0.2) is 69.2 Å². The zero-order valence-corrected chi connectivity index (χ0v) is 40.8. The zero-order valence-electron chi connectivity index (χ0n) is 40.8. The quantitative estimate of drug-likeness (QED) is 0.0577. The number of fused-ring (bicyclic) bond motifs is 5. The smallest absolute Gasteiger partial charge is 0.0934 e. The maximum absolute atomic E-state index is 7.77. The summed E-state index contributed by atoms with van der Waals surface area (Å²) < 4.78 is 18.6. The number of hydrogen-bond donors (Lipinski definition) is 1. The lowest BCUT2D eigenvalue weighted by Crippen LogP contribution is -2.65. The van der Waals surface area contributed by atoms with Crippen LogP contribution in [0.1, 0.15) is 215 Å². The summed E-state index contributed by atoms with van der Waals surface area (Å²) in [6, 6.07) is 0. The summed E-state index contributed by atoms with van der Waals surface area (Å²) in [7, 11) is 0. The van der Waals surface area contributed by atoms with Crippen LogP contribution in [0, 0.1) is 46.3 Å². The molecule has 1 heterocycles. The molecule has 3 saturated carbocycles. The van der Waals surface area contributed by atoms with Gasteiger partial charge >= 0.3 is 0 Å². The van der Waals surface area contributed by atoms with E-state index in [1.165, 1.54) is 167 Å². The zero-order chi connectivity index (χ0) is 42.7. The Hall–Kier alpha value is -0.720. The fourth-order valence-corrected chi connectivity index (χ4v) is 13.6. The number of rotatable bonds is 30. The molecule has 0 amide bonds. The van der Waals surface area contributed by atoms with E-state index in [1.54, 1.807) is 5.57 Å². The Bertz CT molecular complexity index is 1230. The fourth-order valence-electron chi connectivity index (χ4n) is 13.6. The molecule has 2 N–H and O–H groups in total. The molecule has 348 valence electrons. The summed E-state index contributed by atoms with van der Waals surface area (Å²) in [6.07, 6.45) is 43.7. The minimum absolute atomic E-state index is 0.0114. The predicted molar refractivity (Wildman–Crippen MR) is 256 cm³/mol. The van der Waals surface area contributed by atoms with Crippen LogP contribution >= 0.6 is 0 Å². The maximum Gasteiger partial charge on any atom is 0.0934 e. The van der Waals surface area contributed by atoms with E-state index in [4.69, 9.17) is 19.9 Å². The Balaban J connectivity index is 0.972. The van der Waals surface area contributed by atoms with Gasteiger partial charge in [-0.3, -0.25) is 4.90 Å². The Kier molecular flexibility index (Phi) is 22.0. The second kappa shape index (κ2) is 26.3. The van der Waals surface area contributed by atoms with Gasteiger partial charge in [0.15, 0.2) is 0 Å². The average Bonchev–Trinajstić information content (AvgIpc) is 3.52. The SMILES string of the molecule is CCCCCCCCC=CCCCCCCCCOCC(CN1CCOCC1)OCCCC1CCC2(C)C(=CCC3C2CCC2(C)C(C(C)CCCC(C)C)CCC32N)C1. The molecule has 5 aliphatic rings. The third kappa shape index (κ3) is 14.4. The van der Waals surface area contributed by atoms with E-state index in [-0.39, 0.29) is 11.6 Å². The van der Waals surface area contributed by atoms with Crippen LogP contribution in [0.15, 0.2) is 23.8 Å². The number of ether oxygens (including phenoxy) is 3. The second-order valence-corrected chi connectivity index (χ2v) is 22.2. The highest BCUT2D eigenvalue weighted by atomic mass is 16.5. The van der Waals surface area contributed by atoms with Crippen molar-refractivity contribution in [2.45, 2.75) is 227 Å². The largest absolute Gasteiger partial charge is 0.379 e. The Labute approximate surface area is 372 Å². The lowest BCUT2D eigenvalue weighted by molar-refractivity contribution is -0.0708. The molecule has 0 aromatic rings. The molecule has 1 saturated heterocycles. The van der Waals surface area contributed by atoms with Gasteiger partial charge in [-0.25, -0.2) is 0 Å². The number of allylic oxidation sites excluding steroid dienone is 4. The summed E-state index contributed by atoms with van der Waals surface area (Å²) in [5.74, 6) is 4.65. The fraction of sp³-hybridized carbons (Fsp3) is 0.927. The van der Waals surface area contributed by atoms with Crippen molar-refractivity contribution in [1.82, 2.24) is 4.90 Å². The molecule has 0 spiro atoms. The van der Waals surface area contributed by atoms with Crippen LogP contribution in [0.4, 0.5) is 0 Å². The topological polar surface area (TPSA) is 57.0 Å². The molecule has 0 aromatic heterocycles. The van der Waals surface area contributed by atoms with Crippen LogP contribution < -0.4 is 5.73 Å². The molecule has 9 unspecified atom stereocenters. The third-order valence-electron chi connectivity index (χ3n) is 17.5. The molecule has 0 bridgehead atoms. The molecule has 5 rings (SSSR count). The van der Waals surface area contributed by atoms with Crippen molar-refractivity contribution in [3.05, 3.63) is 23.8 Å². The van der Waals surface area contributed by atoms with Crippen molar-refractivity contribution in [2.75, 3.05) is 52.7 Å². The lowest BCUT2D eigenvalue weighted by atomic mass is 9.44. The third-order valence-corrected chi connectivity index (χ3v) is 17.5. The standard InChI is InChI=1S/C55H100N2O3/c1-7-8-9-10-11-12-13-14-15-16-17-18-19-20-21-22-38-59-44-49(43-57-36-40-58-41-37-57)60-39-24-27-47-30-33-53(5)48(42-47)28-29-52-51(53)31-34-54(6)50(32-35-55(52,54)56)46(4)26-23-25-45(2)3/h14-15,28,45-47,49-52H,7-13,16-27,29-44,56H2,1-6H3. The van der Waals surface area contributed by atoms with Gasteiger partial charge in [0.25, 0.3) is 0 Å². The molecule has 1 aliphatic heterocycles. The monoisotopic (exact) mass is 837 g/mol. The number of morpholine rings is 1. The van der Waals surface area contributed by atoms with Gasteiger partial charge < -0.3 is 19.9 Å². The average molecular weight is 837 g/mol. The first-order valence-corrected chi connectivity index (χ1v) is 26.7. The summed E-state index contributed by atoms with van der Waals surface area (Å²) in [5, 5.41) is 0. The van der Waals surface area contributed by atoms with Crippen molar-refractivity contribution in [2.24, 2.45) is 52.1 Å². The lowest BCUT2D eigenvalue weighted by Gasteiger charge is -2.62. The van der Waals surface area contributed by atoms with Gasteiger partial charge in [-0.15, -0.1) is 0 Å². The number of unbranched alkanes of at least 4 members (excludes halogenated alkanes) is 12. The molecule has 0 aromatic carbocycles. The minimum atomic E-state index is 0.0114. The molecule has 4 fully saturated rings. The van der Waals surface area contributed by atoms with Gasteiger partial charge in [-0.1, -0.05) is 142 Å². The normalized spacial score (nSPS) is 31.9. The van der Waals surface area contributed by atoms with Crippen molar-refractivity contribution < 1.29 is 14.2 Å². The molecule has 9 atom stereocenters. The van der Waals surface area contributed by atoms with Crippen LogP contribution in [0.25, 0.3) is 0 Å². The highest BCUT2D eigenvalue weighted by Crippen LogP contribution is 2.68. The number of hydrogen-bond acceptors (Lipinski definition) is 5. The highest BCUT2D eigenvalue weighted by molar-refractivity contribution is 5.28. The van der Waals surface area contributed by atoms with Gasteiger partial charge in [-0.05, 0) is 143 Å². The van der Waals surface area contributed by atoms with E-state index in [0.717, 1.165) is 88.7 Å². The van der Waals surface area contributed by atoms with E-state index in [9.17, 15) is 0 Å². The van der Waals surface area contributed by atoms with Gasteiger partial charge in [-0.2, -0.15) is 0 Å². The first-order valence-electron chi connectivity index (χ1n) is 26.7. The van der Waals surface area contributed by atoms with Gasteiger partial charge in [0.2, 0.25) is 0 Å². The Morgan fingerprint density at radius 2 is 1.48 bits per heavy atom. The maximum atomic E-state index is 7.77. The van der Waals surface area contributed by atoms with Gasteiger partial charge in [0, 0.05) is 38.4 Å². The van der Waals surface area contributed by atoms with E-state index in [0.29, 0.717) is 16.7 Å². The minimum Gasteiger partial charge on any atom is -0.379 e. The summed E-state index contributed by atoms with van der Waals surface area (Å²) >= 11 is 0. The van der Waals surface area contributed by atoms with Crippen molar-refractivity contribution in [3.8, 4) is 0 Å². The first-order chi connectivity index (χ1) is 29.1. The van der Waals surface area contributed by atoms with Gasteiger partial charge in [0.05, 0.1) is 25.9 Å². The summed E-state index contributed by atoms with van der Waals surface area (Å²) in [5.41, 5.74) is 10.2. The highest BCUT2D eigenvalue weighted by Gasteiger charge is 2.65. The van der Waals surface area contributed by atoms with E-state index >= 15 is 0 Å². The summed E-state index contributed by atoms with van der Waals surface area (Å²) in [4.78, 5) is 2.52. The molecular formula is C55H100N2O3. The van der Waals surface area contributed by atoms with E-state index < -0.39 is 0 Å². The van der Waals surface area contributed by atoms with Crippen molar-refractivity contribution in [1.29, 1.82) is 0 Å². The second-order valence-electron chi connectivity index (χ2n) is 22.2. The molecule has 5 heteroatoms. The van der Waals surface area contributed by atoms with Gasteiger partial charge in [0.1, 0.15) is 0 Å². The van der Waals surface area contributed by atoms with Crippen LogP contribution in [0.3, 0.4) is 0 Å². The Morgan fingerprint density at radius 1 is 0.783 bits per heavy atom. The van der Waals surface area contributed by atoms with E-state index in [1.807, 2.05) is 0 Å². The van der Waals surface area contributed by atoms with Crippen LogP contribution in [-0.2, 0) is 14.2 Å². The van der Waals surface area contributed by atoms with Crippen LogP contribution in [0.2, 0.25) is 0 Å².